The van der Waals surface area contributed by atoms with Gasteiger partial charge in [0.2, 0.25) is 0 Å². The lowest BCUT2D eigenvalue weighted by atomic mass is 10.1. The number of nitrogens with one attached hydrogen (secondary N) is 1. The zero-order valence-corrected chi connectivity index (χ0v) is 14.1. The molecule has 0 saturated heterocycles. The molecule has 2 aromatic rings. The fourth-order valence-electron chi connectivity index (χ4n) is 2.20. The normalized spacial score (nSPS) is 12.3. The Bertz CT molecular complexity index is 562. The summed E-state index contributed by atoms with van der Waals surface area (Å²) in [5.41, 5.74) is 1.99. The molecule has 0 aliphatic carbocycles. The largest absolute Gasteiger partial charge is 0.348 e. The van der Waals surface area contributed by atoms with Crippen LogP contribution >= 0.6 is 27.3 Å². The summed E-state index contributed by atoms with van der Waals surface area (Å²) in [4.78, 5) is 12.3. The van der Waals surface area contributed by atoms with Gasteiger partial charge in [-0.1, -0.05) is 6.92 Å². The van der Waals surface area contributed by atoms with Crippen LogP contribution in [0.1, 0.15) is 36.3 Å². The molecule has 0 aliphatic rings. The van der Waals surface area contributed by atoms with E-state index in [4.69, 9.17) is 0 Å². The maximum atomic E-state index is 12.3. The molecule has 1 atom stereocenters. The second-order valence-corrected chi connectivity index (χ2v) is 6.64. The molecule has 20 heavy (non-hydrogen) atoms. The molecule has 1 amide bonds. The van der Waals surface area contributed by atoms with Crippen LogP contribution in [0.25, 0.3) is 0 Å². The van der Waals surface area contributed by atoms with Gasteiger partial charge in [0.1, 0.15) is 5.69 Å². The van der Waals surface area contributed by atoms with Gasteiger partial charge in [0.25, 0.3) is 5.91 Å². The molecular weight excluding hydrogens is 336 g/mol. The Labute approximate surface area is 132 Å². The third-order valence-corrected chi connectivity index (χ3v) is 4.23. The van der Waals surface area contributed by atoms with Crippen molar-refractivity contribution >= 4 is 33.2 Å². The van der Waals surface area contributed by atoms with Gasteiger partial charge in [-0.3, -0.25) is 4.79 Å². The van der Waals surface area contributed by atoms with Crippen molar-refractivity contribution < 1.29 is 4.79 Å². The van der Waals surface area contributed by atoms with Crippen LogP contribution in [-0.2, 0) is 13.0 Å². The van der Waals surface area contributed by atoms with E-state index < -0.39 is 0 Å². The summed E-state index contributed by atoms with van der Waals surface area (Å²) in [5, 5.41) is 7.26. The SMILES string of the molecule is CCCn1cc(Br)cc1C(=O)NC(C)Cc1ccsc1. The Morgan fingerprint density at radius 1 is 1.55 bits per heavy atom. The highest BCUT2D eigenvalue weighted by atomic mass is 79.9. The third-order valence-electron chi connectivity index (χ3n) is 3.06. The van der Waals surface area contributed by atoms with Crippen LogP contribution in [0.4, 0.5) is 0 Å². The van der Waals surface area contributed by atoms with Gasteiger partial charge in [0.05, 0.1) is 0 Å². The number of thiophene rings is 1. The van der Waals surface area contributed by atoms with E-state index in [0.29, 0.717) is 0 Å². The van der Waals surface area contributed by atoms with Gasteiger partial charge in [0, 0.05) is 23.3 Å². The molecule has 2 heterocycles. The number of aryl methyl sites for hydroxylation is 1. The lowest BCUT2D eigenvalue weighted by molar-refractivity contribution is 0.0930. The van der Waals surface area contributed by atoms with E-state index in [2.05, 4.69) is 45.0 Å². The smallest absolute Gasteiger partial charge is 0.268 e. The summed E-state index contributed by atoms with van der Waals surface area (Å²) in [6.45, 7) is 5.00. The van der Waals surface area contributed by atoms with E-state index in [-0.39, 0.29) is 11.9 Å². The van der Waals surface area contributed by atoms with Crippen molar-refractivity contribution in [3.63, 3.8) is 0 Å². The topological polar surface area (TPSA) is 34.0 Å². The van der Waals surface area contributed by atoms with Crippen molar-refractivity contribution in [3.8, 4) is 0 Å². The number of aromatic nitrogens is 1. The van der Waals surface area contributed by atoms with Crippen LogP contribution in [0.5, 0.6) is 0 Å². The van der Waals surface area contributed by atoms with E-state index in [9.17, 15) is 4.79 Å². The lowest BCUT2D eigenvalue weighted by Crippen LogP contribution is -2.35. The first kappa shape index (κ1) is 15.3. The van der Waals surface area contributed by atoms with Crippen LogP contribution < -0.4 is 5.32 Å². The van der Waals surface area contributed by atoms with Gasteiger partial charge in [-0.05, 0) is 64.2 Å². The molecule has 1 N–H and O–H groups in total. The molecule has 108 valence electrons. The zero-order chi connectivity index (χ0) is 14.5. The molecule has 0 aromatic carbocycles. The highest BCUT2D eigenvalue weighted by Crippen LogP contribution is 2.16. The highest BCUT2D eigenvalue weighted by Gasteiger charge is 2.15. The molecule has 5 heteroatoms. The number of hydrogen-bond acceptors (Lipinski definition) is 2. The van der Waals surface area contributed by atoms with Crippen molar-refractivity contribution in [2.45, 2.75) is 39.3 Å². The molecule has 0 spiro atoms. The van der Waals surface area contributed by atoms with E-state index in [0.717, 1.165) is 29.6 Å². The van der Waals surface area contributed by atoms with E-state index in [1.807, 2.05) is 23.8 Å². The van der Waals surface area contributed by atoms with E-state index >= 15 is 0 Å². The van der Waals surface area contributed by atoms with Crippen molar-refractivity contribution in [2.75, 3.05) is 0 Å². The quantitative estimate of drug-likeness (QED) is 0.832. The Morgan fingerprint density at radius 3 is 3.00 bits per heavy atom. The monoisotopic (exact) mass is 354 g/mol. The second kappa shape index (κ2) is 7.09. The molecule has 0 saturated carbocycles. The molecule has 2 rings (SSSR count). The third kappa shape index (κ3) is 3.96. The van der Waals surface area contributed by atoms with Crippen LogP contribution in [0, 0.1) is 0 Å². The van der Waals surface area contributed by atoms with Gasteiger partial charge in [-0.15, -0.1) is 0 Å². The molecule has 0 fully saturated rings. The zero-order valence-electron chi connectivity index (χ0n) is 11.7. The first-order valence-electron chi connectivity index (χ1n) is 6.77. The van der Waals surface area contributed by atoms with Crippen molar-refractivity contribution in [1.82, 2.24) is 9.88 Å². The van der Waals surface area contributed by atoms with Gasteiger partial charge in [0.15, 0.2) is 0 Å². The molecule has 3 nitrogen and oxygen atoms in total. The molecule has 2 aromatic heterocycles. The van der Waals surface area contributed by atoms with E-state index in [1.165, 1.54) is 5.56 Å². The summed E-state index contributed by atoms with van der Waals surface area (Å²) in [6, 6.07) is 4.10. The van der Waals surface area contributed by atoms with Crippen molar-refractivity contribution in [1.29, 1.82) is 0 Å². The Kier molecular flexibility index (Phi) is 5.43. The van der Waals surface area contributed by atoms with Gasteiger partial charge in [-0.2, -0.15) is 11.3 Å². The minimum absolute atomic E-state index is 0.00752. The van der Waals surface area contributed by atoms with Crippen LogP contribution in [0.15, 0.2) is 33.6 Å². The predicted octanol–water partition coefficient (Wildman–Crippen LogP) is 4.08. The van der Waals surface area contributed by atoms with Crippen LogP contribution in [0.3, 0.4) is 0 Å². The first-order chi connectivity index (χ1) is 9.60. The Morgan fingerprint density at radius 2 is 2.35 bits per heavy atom. The summed E-state index contributed by atoms with van der Waals surface area (Å²) in [7, 11) is 0. The molecule has 1 unspecified atom stereocenters. The van der Waals surface area contributed by atoms with Crippen molar-refractivity contribution in [3.05, 3.63) is 44.8 Å². The molecule has 0 bridgehead atoms. The van der Waals surface area contributed by atoms with Gasteiger partial charge >= 0.3 is 0 Å². The summed E-state index contributed by atoms with van der Waals surface area (Å²) in [5.74, 6) is -0.00752. The number of halogens is 1. The second-order valence-electron chi connectivity index (χ2n) is 4.95. The van der Waals surface area contributed by atoms with Crippen LogP contribution in [-0.4, -0.2) is 16.5 Å². The fraction of sp³-hybridized carbons (Fsp3) is 0.400. The fourth-order valence-corrected chi connectivity index (χ4v) is 3.35. The maximum Gasteiger partial charge on any atom is 0.268 e. The minimum atomic E-state index is -0.00752. The average molecular weight is 355 g/mol. The molecule has 0 radical (unpaired) electrons. The molecular formula is C15H19BrN2OS. The Hall–Kier alpha value is -1.07. The standard InChI is InChI=1S/C15H19BrN2OS/c1-3-5-18-9-13(16)8-14(18)15(19)17-11(2)7-12-4-6-20-10-12/h4,6,8-11H,3,5,7H2,1-2H3,(H,17,19). The summed E-state index contributed by atoms with van der Waals surface area (Å²) >= 11 is 5.12. The maximum absolute atomic E-state index is 12.3. The van der Waals surface area contributed by atoms with Crippen molar-refractivity contribution in [2.24, 2.45) is 0 Å². The average Bonchev–Trinajstić information content (AvgIpc) is 2.99. The first-order valence-corrected chi connectivity index (χ1v) is 8.51. The molecule has 0 aliphatic heterocycles. The number of rotatable bonds is 6. The number of hydrogen-bond donors (Lipinski definition) is 1. The number of amides is 1. The summed E-state index contributed by atoms with van der Waals surface area (Å²) < 4.78 is 2.94. The predicted molar refractivity (Wildman–Crippen MR) is 87.4 cm³/mol. The minimum Gasteiger partial charge on any atom is -0.348 e. The number of carbonyl (C=O) groups excluding carboxylic acids is 1. The van der Waals surface area contributed by atoms with Crippen LogP contribution in [0.2, 0.25) is 0 Å². The number of carbonyl (C=O) groups is 1. The van der Waals surface area contributed by atoms with Gasteiger partial charge in [-0.25, -0.2) is 0 Å². The Balaban J connectivity index is 2.00. The van der Waals surface area contributed by atoms with Gasteiger partial charge < -0.3 is 9.88 Å². The number of nitrogens with zero attached hydrogens (tertiary/aromatic N) is 1. The summed E-state index contributed by atoms with van der Waals surface area (Å²) in [6.07, 6.45) is 3.83. The van der Waals surface area contributed by atoms with E-state index in [1.54, 1.807) is 11.3 Å². The lowest BCUT2D eigenvalue weighted by Gasteiger charge is -2.14. The highest BCUT2D eigenvalue weighted by molar-refractivity contribution is 9.10.